The maximum absolute atomic E-state index is 13.9. The molecule has 0 saturated carbocycles. The lowest BCUT2D eigenvalue weighted by Gasteiger charge is -2.44. The van der Waals surface area contributed by atoms with Crippen molar-refractivity contribution in [3.05, 3.63) is 89.5 Å². The zero-order valence-electron chi connectivity index (χ0n) is 20.2. The highest BCUT2D eigenvalue weighted by molar-refractivity contribution is 5.92. The number of carbonyl (C=O) groups is 2. The van der Waals surface area contributed by atoms with Gasteiger partial charge in [-0.15, -0.1) is 6.58 Å². The molecule has 6 nitrogen and oxygen atoms in total. The smallest absolute Gasteiger partial charge is 0.246 e. The normalized spacial score (nSPS) is 20.5. The number of amides is 2. The van der Waals surface area contributed by atoms with Gasteiger partial charge in [0, 0.05) is 37.3 Å². The van der Waals surface area contributed by atoms with Crippen LogP contribution in [0.15, 0.2) is 61.2 Å². The fraction of sp³-hybridized carbons (Fsp3) is 0.357. The van der Waals surface area contributed by atoms with Crippen molar-refractivity contribution in [3.63, 3.8) is 0 Å². The summed E-state index contributed by atoms with van der Waals surface area (Å²) in [5, 5.41) is 3.07. The van der Waals surface area contributed by atoms with Crippen LogP contribution in [-0.4, -0.2) is 56.2 Å². The Kier molecular flexibility index (Phi) is 7.96. The lowest BCUT2D eigenvalue weighted by atomic mass is 9.71. The second-order valence-corrected chi connectivity index (χ2v) is 9.09. The third-order valence-corrected chi connectivity index (χ3v) is 7.00. The number of fused-ring (bicyclic) bond motifs is 2. The first kappa shape index (κ1) is 25.7. The number of likely N-dealkylation sites (tertiary alicyclic amines) is 1. The SMILES string of the molecule is C=CCO[C@@H]1[C@@H](NC(=O)COC)c2ccccc2C12CCN(C(=O)/C=C/c1cc(F)ccc1F)CC2. The molecule has 0 bridgehead atoms. The number of ether oxygens (including phenoxy) is 2. The van der Waals surface area contributed by atoms with Crippen LogP contribution < -0.4 is 5.32 Å². The Bertz CT molecular complexity index is 1160. The zero-order chi connectivity index (χ0) is 25.7. The third kappa shape index (κ3) is 5.10. The van der Waals surface area contributed by atoms with Crippen LogP contribution in [0.3, 0.4) is 0 Å². The molecular weight excluding hydrogens is 466 g/mol. The molecule has 1 spiro atoms. The molecule has 0 aromatic heterocycles. The van der Waals surface area contributed by atoms with Crippen molar-refractivity contribution in [1.29, 1.82) is 0 Å². The number of halogens is 2. The molecule has 2 atom stereocenters. The van der Waals surface area contributed by atoms with E-state index in [1.807, 2.05) is 18.2 Å². The number of hydrogen-bond acceptors (Lipinski definition) is 4. The molecule has 190 valence electrons. The van der Waals surface area contributed by atoms with Crippen LogP contribution >= 0.6 is 0 Å². The molecule has 0 radical (unpaired) electrons. The number of rotatable bonds is 8. The lowest BCUT2D eigenvalue weighted by Crippen LogP contribution is -2.52. The second-order valence-electron chi connectivity index (χ2n) is 9.09. The Hall–Kier alpha value is -3.36. The molecule has 4 rings (SSSR count). The molecule has 2 amide bonds. The van der Waals surface area contributed by atoms with E-state index in [1.54, 1.807) is 11.0 Å². The van der Waals surface area contributed by atoms with E-state index < -0.39 is 17.0 Å². The van der Waals surface area contributed by atoms with E-state index in [4.69, 9.17) is 9.47 Å². The molecule has 1 heterocycles. The summed E-state index contributed by atoms with van der Waals surface area (Å²) in [6, 6.07) is 10.7. The van der Waals surface area contributed by atoms with Gasteiger partial charge < -0.3 is 19.7 Å². The summed E-state index contributed by atoms with van der Waals surface area (Å²) in [6.45, 7) is 4.94. The molecule has 1 saturated heterocycles. The first-order valence-electron chi connectivity index (χ1n) is 11.9. The van der Waals surface area contributed by atoms with Crippen molar-refractivity contribution >= 4 is 17.9 Å². The van der Waals surface area contributed by atoms with Gasteiger partial charge in [-0.05, 0) is 48.2 Å². The van der Waals surface area contributed by atoms with E-state index in [0.29, 0.717) is 32.5 Å². The van der Waals surface area contributed by atoms with Crippen molar-refractivity contribution in [3.8, 4) is 0 Å². The summed E-state index contributed by atoms with van der Waals surface area (Å²) in [5.41, 5.74) is 1.72. The predicted molar refractivity (Wildman–Crippen MR) is 132 cm³/mol. The van der Waals surface area contributed by atoms with Crippen LogP contribution in [0.5, 0.6) is 0 Å². The average Bonchev–Trinajstić information content (AvgIpc) is 3.12. The average molecular weight is 497 g/mol. The number of hydrogen-bond donors (Lipinski definition) is 1. The minimum absolute atomic E-state index is 0.0223. The maximum Gasteiger partial charge on any atom is 0.246 e. The van der Waals surface area contributed by atoms with E-state index in [2.05, 4.69) is 18.0 Å². The molecular formula is C28H30F2N2O4. The van der Waals surface area contributed by atoms with Gasteiger partial charge in [0.05, 0.1) is 18.8 Å². The van der Waals surface area contributed by atoms with Crippen molar-refractivity contribution in [2.75, 3.05) is 33.4 Å². The van der Waals surface area contributed by atoms with Crippen molar-refractivity contribution in [2.45, 2.75) is 30.4 Å². The molecule has 1 aliphatic heterocycles. The topological polar surface area (TPSA) is 67.9 Å². The van der Waals surface area contributed by atoms with Crippen LogP contribution in [0, 0.1) is 11.6 Å². The summed E-state index contributed by atoms with van der Waals surface area (Å²) >= 11 is 0. The highest BCUT2D eigenvalue weighted by Gasteiger charge is 2.54. The second kappa shape index (κ2) is 11.1. The van der Waals surface area contributed by atoms with Gasteiger partial charge in [-0.3, -0.25) is 9.59 Å². The van der Waals surface area contributed by atoms with E-state index in [-0.39, 0.29) is 36.1 Å². The highest BCUT2D eigenvalue weighted by Crippen LogP contribution is 2.52. The number of benzene rings is 2. The number of piperidine rings is 1. The molecule has 1 N–H and O–H groups in total. The molecule has 8 heteroatoms. The van der Waals surface area contributed by atoms with Gasteiger partial charge in [0.15, 0.2) is 0 Å². The summed E-state index contributed by atoms with van der Waals surface area (Å²) in [5.74, 6) is -1.66. The van der Waals surface area contributed by atoms with Crippen LogP contribution in [0.1, 0.15) is 35.6 Å². The van der Waals surface area contributed by atoms with Crippen molar-refractivity contribution in [1.82, 2.24) is 10.2 Å². The van der Waals surface area contributed by atoms with Crippen molar-refractivity contribution in [2.24, 2.45) is 0 Å². The van der Waals surface area contributed by atoms with Gasteiger partial charge in [-0.25, -0.2) is 8.78 Å². The van der Waals surface area contributed by atoms with Gasteiger partial charge >= 0.3 is 0 Å². The summed E-state index contributed by atoms with van der Waals surface area (Å²) in [4.78, 5) is 27.0. The van der Waals surface area contributed by atoms with E-state index in [9.17, 15) is 18.4 Å². The van der Waals surface area contributed by atoms with Gasteiger partial charge in [-0.2, -0.15) is 0 Å². The van der Waals surface area contributed by atoms with E-state index >= 15 is 0 Å². The Morgan fingerprint density at radius 2 is 1.94 bits per heavy atom. The molecule has 2 aliphatic rings. The molecule has 1 fully saturated rings. The van der Waals surface area contributed by atoms with Gasteiger partial charge in [0.1, 0.15) is 18.2 Å². The summed E-state index contributed by atoms with van der Waals surface area (Å²) in [7, 11) is 1.47. The molecule has 2 aromatic rings. The first-order valence-corrected chi connectivity index (χ1v) is 11.9. The number of methoxy groups -OCH3 is 1. The Morgan fingerprint density at radius 3 is 2.67 bits per heavy atom. The molecule has 36 heavy (non-hydrogen) atoms. The monoisotopic (exact) mass is 496 g/mol. The third-order valence-electron chi connectivity index (χ3n) is 7.00. The fourth-order valence-corrected chi connectivity index (χ4v) is 5.37. The van der Waals surface area contributed by atoms with E-state index in [0.717, 1.165) is 29.3 Å². The summed E-state index contributed by atoms with van der Waals surface area (Å²) in [6.07, 6.45) is 5.15. The Balaban J connectivity index is 1.55. The van der Waals surface area contributed by atoms with Crippen LogP contribution in [-0.2, 0) is 24.5 Å². The van der Waals surface area contributed by atoms with Gasteiger partial charge in [-0.1, -0.05) is 30.3 Å². The van der Waals surface area contributed by atoms with E-state index in [1.165, 1.54) is 19.3 Å². The first-order chi connectivity index (χ1) is 17.4. The summed E-state index contributed by atoms with van der Waals surface area (Å²) < 4.78 is 38.6. The Labute approximate surface area is 209 Å². The fourth-order valence-electron chi connectivity index (χ4n) is 5.37. The van der Waals surface area contributed by atoms with Gasteiger partial charge in [0.25, 0.3) is 0 Å². The van der Waals surface area contributed by atoms with Crippen LogP contribution in [0.2, 0.25) is 0 Å². The minimum Gasteiger partial charge on any atom is -0.375 e. The minimum atomic E-state index is -0.593. The zero-order valence-corrected chi connectivity index (χ0v) is 20.2. The standard InChI is InChI=1S/C28H30F2N2O4/c1-3-16-36-27-26(31-24(33)18-35-2)21-6-4-5-7-22(21)28(27)12-14-32(15-13-28)25(34)11-8-19-17-20(29)9-10-23(19)30/h3-11,17,26-27H,1,12-16,18H2,2H3,(H,31,33)/b11-8+/t26-,27+/m0/s1. The number of nitrogens with zero attached hydrogens (tertiary/aromatic N) is 1. The highest BCUT2D eigenvalue weighted by atomic mass is 19.1. The lowest BCUT2D eigenvalue weighted by molar-refractivity contribution is -0.129. The molecule has 1 aliphatic carbocycles. The van der Waals surface area contributed by atoms with Gasteiger partial charge in [0.2, 0.25) is 11.8 Å². The molecule has 0 unspecified atom stereocenters. The van der Waals surface area contributed by atoms with Crippen molar-refractivity contribution < 1.29 is 27.8 Å². The predicted octanol–water partition coefficient (Wildman–Crippen LogP) is 3.93. The van der Waals surface area contributed by atoms with Crippen LogP contribution in [0.25, 0.3) is 6.08 Å². The Morgan fingerprint density at radius 1 is 1.19 bits per heavy atom. The van der Waals surface area contributed by atoms with Crippen LogP contribution in [0.4, 0.5) is 8.78 Å². The largest absolute Gasteiger partial charge is 0.375 e. The maximum atomic E-state index is 13.9. The number of carbonyl (C=O) groups excluding carboxylic acids is 2. The quantitative estimate of drug-likeness (QED) is 0.444. The molecule has 2 aromatic carbocycles. The number of nitrogens with one attached hydrogen (secondary N) is 1.